The van der Waals surface area contributed by atoms with Gasteiger partial charge in [0, 0.05) is 19.1 Å². The van der Waals surface area contributed by atoms with Gasteiger partial charge in [-0.25, -0.2) is 0 Å². The maximum atomic E-state index is 11.7. The molecule has 0 aromatic rings. The average Bonchev–Trinajstić information content (AvgIpc) is 2.97. The molecule has 1 heterocycles. The van der Waals surface area contributed by atoms with E-state index in [0.29, 0.717) is 24.4 Å². The summed E-state index contributed by atoms with van der Waals surface area (Å²) in [5.74, 6) is 0.983. The highest BCUT2D eigenvalue weighted by molar-refractivity contribution is 5.78. The number of likely N-dealkylation sites (tertiary alicyclic amines) is 1. The first-order chi connectivity index (χ1) is 6.75. The van der Waals surface area contributed by atoms with Crippen LogP contribution >= 0.6 is 0 Å². The minimum Gasteiger partial charge on any atom is -0.341 e. The zero-order chi connectivity index (χ0) is 9.97. The van der Waals surface area contributed by atoms with Crippen molar-refractivity contribution in [3.8, 4) is 0 Å². The zero-order valence-corrected chi connectivity index (χ0v) is 8.96. The Morgan fingerprint density at radius 2 is 2.21 bits per heavy atom. The minimum absolute atomic E-state index is 0.295. The molecule has 0 spiro atoms. The van der Waals surface area contributed by atoms with Crippen molar-refractivity contribution in [1.82, 2.24) is 10.2 Å². The van der Waals surface area contributed by atoms with Crippen LogP contribution in [0.1, 0.15) is 32.6 Å². The number of hydrogen-bond acceptors (Lipinski definition) is 2. The van der Waals surface area contributed by atoms with E-state index in [1.807, 2.05) is 4.90 Å². The van der Waals surface area contributed by atoms with Gasteiger partial charge in [-0.15, -0.1) is 0 Å². The Kier molecular flexibility index (Phi) is 3.06. The van der Waals surface area contributed by atoms with Gasteiger partial charge in [0.05, 0.1) is 6.54 Å². The van der Waals surface area contributed by atoms with Crippen LogP contribution in [0.15, 0.2) is 0 Å². The second-order valence-electron chi connectivity index (χ2n) is 4.74. The van der Waals surface area contributed by atoms with Crippen molar-refractivity contribution in [2.24, 2.45) is 5.92 Å². The van der Waals surface area contributed by atoms with E-state index in [4.69, 9.17) is 0 Å². The highest BCUT2D eigenvalue weighted by Gasteiger charge is 2.24. The summed E-state index contributed by atoms with van der Waals surface area (Å²) >= 11 is 0. The monoisotopic (exact) mass is 196 g/mol. The van der Waals surface area contributed by atoms with Crippen LogP contribution in [0, 0.1) is 5.92 Å². The number of carbonyl (C=O) groups is 1. The summed E-state index contributed by atoms with van der Waals surface area (Å²) in [7, 11) is 0. The highest BCUT2D eigenvalue weighted by atomic mass is 16.2. The van der Waals surface area contributed by atoms with Gasteiger partial charge in [0.2, 0.25) is 5.91 Å². The van der Waals surface area contributed by atoms with E-state index in [9.17, 15) is 4.79 Å². The van der Waals surface area contributed by atoms with E-state index in [2.05, 4.69) is 12.2 Å². The molecule has 0 bridgehead atoms. The average molecular weight is 196 g/mol. The molecule has 2 rings (SSSR count). The highest BCUT2D eigenvalue weighted by Crippen LogP contribution is 2.19. The molecule has 3 heteroatoms. The van der Waals surface area contributed by atoms with Crippen molar-refractivity contribution in [2.45, 2.75) is 38.6 Å². The van der Waals surface area contributed by atoms with Crippen LogP contribution in [0.25, 0.3) is 0 Å². The maximum absolute atomic E-state index is 11.7. The molecule has 1 N–H and O–H groups in total. The van der Waals surface area contributed by atoms with E-state index < -0.39 is 0 Å². The Labute approximate surface area is 85.8 Å². The van der Waals surface area contributed by atoms with Crippen LogP contribution in [-0.4, -0.2) is 36.5 Å². The standard InChI is InChI=1S/C11H20N2O/c1-9-3-2-6-13(8-9)11(14)7-12-10-4-5-10/h9-10,12H,2-8H2,1H3. The maximum Gasteiger partial charge on any atom is 0.236 e. The lowest BCUT2D eigenvalue weighted by atomic mass is 10.0. The summed E-state index contributed by atoms with van der Waals surface area (Å²) in [6, 6.07) is 0.640. The first kappa shape index (κ1) is 9.97. The van der Waals surface area contributed by atoms with Crippen molar-refractivity contribution >= 4 is 5.91 Å². The molecule has 0 aromatic carbocycles. The molecule has 1 saturated carbocycles. The summed E-state index contributed by atoms with van der Waals surface area (Å²) in [4.78, 5) is 13.8. The van der Waals surface area contributed by atoms with Gasteiger partial charge in [0.15, 0.2) is 0 Å². The Morgan fingerprint density at radius 3 is 2.86 bits per heavy atom. The van der Waals surface area contributed by atoms with E-state index in [1.165, 1.54) is 25.7 Å². The third kappa shape index (κ3) is 2.71. The molecule has 1 aliphatic carbocycles. The van der Waals surface area contributed by atoms with Crippen LogP contribution in [0.2, 0.25) is 0 Å². The van der Waals surface area contributed by atoms with Gasteiger partial charge >= 0.3 is 0 Å². The van der Waals surface area contributed by atoms with Gasteiger partial charge < -0.3 is 10.2 Å². The fourth-order valence-electron chi connectivity index (χ4n) is 2.05. The largest absolute Gasteiger partial charge is 0.341 e. The third-order valence-corrected chi connectivity index (χ3v) is 3.13. The molecular formula is C11H20N2O. The van der Waals surface area contributed by atoms with Gasteiger partial charge in [-0.3, -0.25) is 4.79 Å². The zero-order valence-electron chi connectivity index (χ0n) is 8.96. The van der Waals surface area contributed by atoms with E-state index in [-0.39, 0.29) is 0 Å². The predicted molar refractivity (Wildman–Crippen MR) is 56.0 cm³/mol. The molecule has 1 amide bonds. The number of rotatable bonds is 3. The normalized spacial score (nSPS) is 27.8. The lowest BCUT2D eigenvalue weighted by Gasteiger charge is -2.31. The molecule has 80 valence electrons. The fraction of sp³-hybridized carbons (Fsp3) is 0.909. The number of nitrogens with one attached hydrogen (secondary N) is 1. The summed E-state index contributed by atoms with van der Waals surface area (Å²) in [6.45, 7) is 4.71. The topological polar surface area (TPSA) is 32.3 Å². The smallest absolute Gasteiger partial charge is 0.236 e. The van der Waals surface area contributed by atoms with Gasteiger partial charge in [-0.05, 0) is 31.6 Å². The Hall–Kier alpha value is -0.570. The van der Waals surface area contributed by atoms with Crippen LogP contribution < -0.4 is 5.32 Å². The van der Waals surface area contributed by atoms with Crippen molar-refractivity contribution in [2.75, 3.05) is 19.6 Å². The summed E-state index contributed by atoms with van der Waals surface area (Å²) < 4.78 is 0. The Bertz CT molecular complexity index is 213. The molecule has 0 aromatic heterocycles. The molecule has 3 nitrogen and oxygen atoms in total. The first-order valence-electron chi connectivity index (χ1n) is 5.77. The van der Waals surface area contributed by atoms with Crippen molar-refractivity contribution in [3.05, 3.63) is 0 Å². The number of nitrogens with zero attached hydrogens (tertiary/aromatic N) is 1. The SMILES string of the molecule is CC1CCCN(C(=O)CNC2CC2)C1. The summed E-state index contributed by atoms with van der Waals surface area (Å²) in [5.41, 5.74) is 0. The summed E-state index contributed by atoms with van der Waals surface area (Å²) in [6.07, 6.45) is 4.96. The second kappa shape index (κ2) is 4.30. The third-order valence-electron chi connectivity index (χ3n) is 3.13. The van der Waals surface area contributed by atoms with E-state index >= 15 is 0 Å². The molecule has 1 aliphatic heterocycles. The van der Waals surface area contributed by atoms with Gasteiger partial charge in [-0.1, -0.05) is 6.92 Å². The first-order valence-corrected chi connectivity index (χ1v) is 5.77. The van der Waals surface area contributed by atoms with Gasteiger partial charge in [0.1, 0.15) is 0 Å². The molecule has 1 saturated heterocycles. The lowest BCUT2D eigenvalue weighted by Crippen LogP contribution is -2.43. The van der Waals surface area contributed by atoms with Gasteiger partial charge in [0.25, 0.3) is 0 Å². The Balaban J connectivity index is 1.71. The van der Waals surface area contributed by atoms with Crippen LogP contribution in [0.4, 0.5) is 0 Å². The number of piperidine rings is 1. The quantitative estimate of drug-likeness (QED) is 0.730. The lowest BCUT2D eigenvalue weighted by molar-refractivity contribution is -0.131. The molecule has 2 fully saturated rings. The molecule has 1 unspecified atom stereocenters. The van der Waals surface area contributed by atoms with Crippen molar-refractivity contribution in [1.29, 1.82) is 0 Å². The van der Waals surface area contributed by atoms with Crippen LogP contribution in [0.5, 0.6) is 0 Å². The molecule has 1 atom stereocenters. The molecule has 2 aliphatic rings. The predicted octanol–water partition coefficient (Wildman–Crippen LogP) is 0.997. The molecular weight excluding hydrogens is 176 g/mol. The molecule has 14 heavy (non-hydrogen) atoms. The van der Waals surface area contributed by atoms with Crippen LogP contribution in [0.3, 0.4) is 0 Å². The van der Waals surface area contributed by atoms with Crippen molar-refractivity contribution < 1.29 is 4.79 Å². The number of hydrogen-bond donors (Lipinski definition) is 1. The summed E-state index contributed by atoms with van der Waals surface area (Å²) in [5, 5.41) is 3.28. The van der Waals surface area contributed by atoms with Crippen LogP contribution in [-0.2, 0) is 4.79 Å². The van der Waals surface area contributed by atoms with Crippen molar-refractivity contribution in [3.63, 3.8) is 0 Å². The minimum atomic E-state index is 0.295. The number of carbonyl (C=O) groups excluding carboxylic acids is 1. The van der Waals surface area contributed by atoms with Gasteiger partial charge in [-0.2, -0.15) is 0 Å². The van der Waals surface area contributed by atoms with E-state index in [0.717, 1.165) is 13.1 Å². The number of amides is 1. The molecule has 0 radical (unpaired) electrons. The van der Waals surface area contributed by atoms with E-state index in [1.54, 1.807) is 0 Å². The fourth-order valence-corrected chi connectivity index (χ4v) is 2.05. The Morgan fingerprint density at radius 1 is 1.43 bits per heavy atom. The second-order valence-corrected chi connectivity index (χ2v) is 4.74.